The smallest absolute Gasteiger partial charge is 0.340 e. The van der Waals surface area contributed by atoms with Crippen LogP contribution in [0.15, 0.2) is 35.3 Å². The molecule has 2 amide bonds. The molecule has 1 aromatic carbocycles. The van der Waals surface area contributed by atoms with E-state index >= 15 is 0 Å². The number of benzene rings is 1. The van der Waals surface area contributed by atoms with Gasteiger partial charge < -0.3 is 16.0 Å². The summed E-state index contributed by atoms with van der Waals surface area (Å²) in [4.78, 5) is 17.0. The summed E-state index contributed by atoms with van der Waals surface area (Å²) in [7, 11) is 0. The molecule has 90 valence electrons. The van der Waals surface area contributed by atoms with Gasteiger partial charge in [-0.15, -0.1) is 0 Å². The fourth-order valence-corrected chi connectivity index (χ4v) is 1.89. The molecule has 1 aliphatic rings. The Labute approximate surface area is 100 Å². The second-order valence-electron chi connectivity index (χ2n) is 3.88. The van der Waals surface area contributed by atoms with Crippen LogP contribution in [-0.4, -0.2) is 42.9 Å². The van der Waals surface area contributed by atoms with Crippen molar-refractivity contribution in [3.63, 3.8) is 0 Å². The van der Waals surface area contributed by atoms with Crippen molar-refractivity contribution in [2.45, 2.75) is 0 Å². The number of hydrogen-bond donors (Lipinski definition) is 2. The average Bonchev–Trinajstić information content (AvgIpc) is 2.38. The molecule has 5 nitrogen and oxygen atoms in total. The van der Waals surface area contributed by atoms with Crippen molar-refractivity contribution in [2.75, 3.05) is 26.2 Å². The van der Waals surface area contributed by atoms with Crippen LogP contribution in [0.1, 0.15) is 5.56 Å². The van der Waals surface area contributed by atoms with E-state index in [4.69, 9.17) is 5.73 Å². The highest BCUT2D eigenvalue weighted by Gasteiger charge is 2.16. The maximum atomic E-state index is 11.0. The van der Waals surface area contributed by atoms with Crippen LogP contribution < -0.4 is 11.1 Å². The molecule has 0 aliphatic carbocycles. The largest absolute Gasteiger partial charge is 0.353 e. The third-order valence-electron chi connectivity index (χ3n) is 2.66. The van der Waals surface area contributed by atoms with E-state index in [2.05, 4.69) is 15.2 Å². The SMILES string of the molecule is NC(=O)N=C(c1ccccc1)N1CCNCC1. The number of carbonyl (C=O) groups excluding carboxylic acids is 1. The number of carbonyl (C=O) groups is 1. The lowest BCUT2D eigenvalue weighted by Gasteiger charge is -2.30. The summed E-state index contributed by atoms with van der Waals surface area (Å²) in [6, 6.07) is 9.00. The molecule has 1 fully saturated rings. The summed E-state index contributed by atoms with van der Waals surface area (Å²) in [6.45, 7) is 3.46. The van der Waals surface area contributed by atoms with Crippen molar-refractivity contribution in [1.29, 1.82) is 0 Å². The zero-order chi connectivity index (χ0) is 12.1. The van der Waals surface area contributed by atoms with Crippen molar-refractivity contribution in [1.82, 2.24) is 10.2 Å². The Morgan fingerprint density at radius 1 is 1.24 bits per heavy atom. The van der Waals surface area contributed by atoms with E-state index in [1.165, 1.54) is 0 Å². The highest BCUT2D eigenvalue weighted by molar-refractivity contribution is 6.04. The summed E-state index contributed by atoms with van der Waals surface area (Å²) < 4.78 is 0. The van der Waals surface area contributed by atoms with Gasteiger partial charge in [0.15, 0.2) is 0 Å². The summed E-state index contributed by atoms with van der Waals surface area (Å²) in [5.41, 5.74) is 6.09. The summed E-state index contributed by atoms with van der Waals surface area (Å²) in [6.07, 6.45) is 0. The monoisotopic (exact) mass is 232 g/mol. The number of nitrogens with two attached hydrogens (primary N) is 1. The van der Waals surface area contributed by atoms with Crippen LogP contribution in [0.4, 0.5) is 4.79 Å². The molecule has 5 heteroatoms. The fraction of sp³-hybridized carbons (Fsp3) is 0.333. The Kier molecular flexibility index (Phi) is 3.72. The van der Waals surface area contributed by atoms with Gasteiger partial charge in [0, 0.05) is 31.7 Å². The molecule has 1 aliphatic heterocycles. The first-order valence-corrected chi connectivity index (χ1v) is 5.66. The number of nitrogens with one attached hydrogen (secondary N) is 1. The fourth-order valence-electron chi connectivity index (χ4n) is 1.89. The molecule has 0 spiro atoms. The first-order valence-electron chi connectivity index (χ1n) is 5.66. The minimum Gasteiger partial charge on any atom is -0.353 e. The Morgan fingerprint density at radius 2 is 1.88 bits per heavy atom. The second kappa shape index (κ2) is 5.45. The van der Waals surface area contributed by atoms with E-state index in [1.807, 2.05) is 30.3 Å². The number of rotatable bonds is 1. The molecule has 3 N–H and O–H groups in total. The third-order valence-corrected chi connectivity index (χ3v) is 2.66. The van der Waals surface area contributed by atoms with Gasteiger partial charge in [-0.2, -0.15) is 4.99 Å². The van der Waals surface area contributed by atoms with E-state index in [9.17, 15) is 4.79 Å². The third kappa shape index (κ3) is 3.04. The van der Waals surface area contributed by atoms with Crippen LogP contribution in [0.3, 0.4) is 0 Å². The first kappa shape index (κ1) is 11.6. The molecule has 0 bridgehead atoms. The molecule has 1 saturated heterocycles. The van der Waals surface area contributed by atoms with Gasteiger partial charge in [-0.1, -0.05) is 30.3 Å². The quantitative estimate of drug-likeness (QED) is 0.544. The molecule has 17 heavy (non-hydrogen) atoms. The lowest BCUT2D eigenvalue weighted by Crippen LogP contribution is -2.47. The Balaban J connectivity index is 2.28. The predicted octanol–water partition coefficient (Wildman–Crippen LogP) is 0.417. The summed E-state index contributed by atoms with van der Waals surface area (Å²) >= 11 is 0. The molecule has 1 aromatic rings. The van der Waals surface area contributed by atoms with E-state index in [-0.39, 0.29) is 0 Å². The molecule has 2 rings (SSSR count). The average molecular weight is 232 g/mol. The minimum atomic E-state index is -0.651. The number of nitrogens with zero attached hydrogens (tertiary/aromatic N) is 2. The van der Waals surface area contributed by atoms with Crippen LogP contribution in [0, 0.1) is 0 Å². The van der Waals surface area contributed by atoms with Crippen LogP contribution in [0.2, 0.25) is 0 Å². The van der Waals surface area contributed by atoms with E-state index in [1.54, 1.807) is 0 Å². The zero-order valence-corrected chi connectivity index (χ0v) is 9.60. The Morgan fingerprint density at radius 3 is 2.47 bits per heavy atom. The number of aliphatic imine (C=N–C) groups is 1. The molecule has 0 aromatic heterocycles. The molecule has 0 atom stereocenters. The van der Waals surface area contributed by atoms with E-state index in [0.717, 1.165) is 31.7 Å². The second-order valence-corrected chi connectivity index (χ2v) is 3.88. The maximum absolute atomic E-state index is 11.0. The Hall–Kier alpha value is -1.88. The molecular weight excluding hydrogens is 216 g/mol. The van der Waals surface area contributed by atoms with Crippen LogP contribution in [-0.2, 0) is 0 Å². The van der Waals surface area contributed by atoms with Gasteiger partial charge in [0.25, 0.3) is 0 Å². The lowest BCUT2D eigenvalue weighted by atomic mass is 10.2. The molecule has 0 saturated carbocycles. The first-order chi connectivity index (χ1) is 8.27. The van der Waals surface area contributed by atoms with E-state index < -0.39 is 6.03 Å². The molecule has 0 radical (unpaired) electrons. The van der Waals surface area contributed by atoms with Crippen molar-refractivity contribution in [3.8, 4) is 0 Å². The van der Waals surface area contributed by atoms with Gasteiger partial charge in [-0.05, 0) is 0 Å². The molecular formula is C12H16N4O. The van der Waals surface area contributed by atoms with Gasteiger partial charge in [0.05, 0.1) is 0 Å². The number of piperazine rings is 1. The van der Waals surface area contributed by atoms with Crippen LogP contribution in [0.5, 0.6) is 0 Å². The minimum absolute atomic E-state index is 0.651. The van der Waals surface area contributed by atoms with Gasteiger partial charge >= 0.3 is 6.03 Å². The zero-order valence-electron chi connectivity index (χ0n) is 9.60. The predicted molar refractivity (Wildman–Crippen MR) is 67.0 cm³/mol. The van der Waals surface area contributed by atoms with Gasteiger partial charge in [0.1, 0.15) is 5.84 Å². The topological polar surface area (TPSA) is 70.7 Å². The number of urea groups is 1. The normalized spacial score (nSPS) is 16.9. The Bertz CT molecular complexity index is 410. The highest BCUT2D eigenvalue weighted by Crippen LogP contribution is 2.07. The highest BCUT2D eigenvalue weighted by atomic mass is 16.2. The van der Waals surface area contributed by atoms with Gasteiger partial charge in [-0.3, -0.25) is 0 Å². The number of primary amides is 1. The van der Waals surface area contributed by atoms with Crippen molar-refractivity contribution < 1.29 is 4.79 Å². The number of amidine groups is 1. The van der Waals surface area contributed by atoms with Crippen molar-refractivity contribution in [3.05, 3.63) is 35.9 Å². The maximum Gasteiger partial charge on any atom is 0.340 e. The summed E-state index contributed by atoms with van der Waals surface area (Å²) in [5.74, 6) is 0.666. The number of amides is 2. The van der Waals surface area contributed by atoms with E-state index in [0.29, 0.717) is 5.84 Å². The van der Waals surface area contributed by atoms with Crippen LogP contribution >= 0.6 is 0 Å². The van der Waals surface area contributed by atoms with Crippen molar-refractivity contribution in [2.24, 2.45) is 10.7 Å². The lowest BCUT2D eigenvalue weighted by molar-refractivity contribution is 0.256. The molecule has 1 heterocycles. The number of hydrogen-bond acceptors (Lipinski definition) is 2. The summed E-state index contributed by atoms with van der Waals surface area (Å²) in [5, 5.41) is 3.26. The van der Waals surface area contributed by atoms with Gasteiger partial charge in [-0.25, -0.2) is 4.79 Å². The molecule has 0 unspecified atom stereocenters. The van der Waals surface area contributed by atoms with Gasteiger partial charge in [0.2, 0.25) is 0 Å². The standard InChI is InChI=1S/C12H16N4O/c13-12(17)15-11(10-4-2-1-3-5-10)16-8-6-14-7-9-16/h1-5,14H,6-9H2,(H2,13,17). The van der Waals surface area contributed by atoms with Crippen molar-refractivity contribution >= 4 is 11.9 Å². The van der Waals surface area contributed by atoms with Crippen LogP contribution in [0.25, 0.3) is 0 Å².